The van der Waals surface area contributed by atoms with Gasteiger partial charge in [-0.25, -0.2) is 4.99 Å². The Morgan fingerprint density at radius 1 is 1.10 bits per heavy atom. The lowest BCUT2D eigenvalue weighted by molar-refractivity contribution is -0.121. The zero-order valence-electron chi connectivity index (χ0n) is 15.8. The maximum atomic E-state index is 12.6. The number of amides is 1. The third-order valence-corrected chi connectivity index (χ3v) is 6.33. The molecule has 0 aromatic heterocycles. The normalized spacial score (nSPS) is 20.2. The number of carbonyl (C=O) groups excluding carboxylic acids is 1. The Bertz CT molecular complexity index is 986. The summed E-state index contributed by atoms with van der Waals surface area (Å²) in [6.45, 7) is 3.28. The van der Waals surface area contributed by atoms with Crippen LogP contribution >= 0.6 is 35.0 Å². The number of hydrogen-bond acceptors (Lipinski definition) is 5. The quantitative estimate of drug-likeness (QED) is 0.616. The molecule has 0 N–H and O–H groups in total. The molecule has 150 valence electrons. The monoisotopic (exact) mass is 447 g/mol. The Morgan fingerprint density at radius 3 is 2.52 bits per heavy atom. The minimum Gasteiger partial charge on any atom is -0.378 e. The van der Waals surface area contributed by atoms with Gasteiger partial charge in [-0.05, 0) is 59.8 Å². The Balaban J connectivity index is 1.53. The summed E-state index contributed by atoms with van der Waals surface area (Å²) in [7, 11) is 1.72. The van der Waals surface area contributed by atoms with Crippen LogP contribution in [0.1, 0.15) is 5.56 Å². The van der Waals surface area contributed by atoms with Crippen LogP contribution in [0.25, 0.3) is 6.08 Å². The van der Waals surface area contributed by atoms with Gasteiger partial charge in [-0.3, -0.25) is 9.69 Å². The number of carbonyl (C=O) groups is 1. The molecule has 2 heterocycles. The molecule has 5 nitrogen and oxygen atoms in total. The van der Waals surface area contributed by atoms with Gasteiger partial charge in [-0.1, -0.05) is 29.3 Å². The highest BCUT2D eigenvalue weighted by Gasteiger charge is 2.30. The molecule has 29 heavy (non-hydrogen) atoms. The standard InChI is InChI=1S/C21H19Cl2N3O2S/c1-25-20(27)19(12-14-2-3-15(22)13-18(14)23)29-21(25)24-16-4-6-17(7-5-16)26-8-10-28-11-9-26/h2-7,12-13H,8-11H2,1H3. The van der Waals surface area contributed by atoms with Gasteiger partial charge < -0.3 is 9.64 Å². The third kappa shape index (κ3) is 4.61. The van der Waals surface area contributed by atoms with E-state index >= 15 is 0 Å². The molecular weight excluding hydrogens is 429 g/mol. The number of nitrogens with zero attached hydrogens (tertiary/aromatic N) is 3. The molecule has 0 radical (unpaired) electrons. The largest absolute Gasteiger partial charge is 0.378 e. The molecule has 2 aromatic rings. The van der Waals surface area contributed by atoms with Crippen LogP contribution in [0.2, 0.25) is 10.0 Å². The van der Waals surface area contributed by atoms with Crippen LogP contribution in [-0.4, -0.2) is 49.3 Å². The Hall–Kier alpha value is -1.99. The predicted molar refractivity (Wildman–Crippen MR) is 121 cm³/mol. The lowest BCUT2D eigenvalue weighted by Gasteiger charge is -2.28. The molecule has 8 heteroatoms. The summed E-state index contributed by atoms with van der Waals surface area (Å²) in [5, 5.41) is 1.69. The van der Waals surface area contributed by atoms with Gasteiger partial charge in [0.15, 0.2) is 5.17 Å². The summed E-state index contributed by atoms with van der Waals surface area (Å²) >= 11 is 13.5. The summed E-state index contributed by atoms with van der Waals surface area (Å²) in [6, 6.07) is 13.2. The zero-order valence-corrected chi connectivity index (χ0v) is 18.1. The lowest BCUT2D eigenvalue weighted by atomic mass is 10.2. The van der Waals surface area contributed by atoms with Crippen LogP contribution in [0.5, 0.6) is 0 Å². The fourth-order valence-electron chi connectivity index (χ4n) is 3.08. The fraction of sp³-hybridized carbons (Fsp3) is 0.238. The Morgan fingerprint density at radius 2 is 1.83 bits per heavy atom. The summed E-state index contributed by atoms with van der Waals surface area (Å²) < 4.78 is 5.40. The van der Waals surface area contributed by atoms with Gasteiger partial charge in [-0.2, -0.15) is 0 Å². The first-order valence-electron chi connectivity index (χ1n) is 9.15. The van der Waals surface area contributed by atoms with Crippen LogP contribution in [0, 0.1) is 0 Å². The number of hydrogen-bond donors (Lipinski definition) is 0. The molecule has 0 aliphatic carbocycles. The number of halogens is 2. The maximum Gasteiger partial charge on any atom is 0.266 e. The van der Waals surface area contributed by atoms with E-state index in [0.717, 1.165) is 43.2 Å². The Kier molecular flexibility index (Phi) is 6.15. The first-order chi connectivity index (χ1) is 14.0. The minimum absolute atomic E-state index is 0.107. The highest BCUT2D eigenvalue weighted by atomic mass is 35.5. The van der Waals surface area contributed by atoms with E-state index in [4.69, 9.17) is 27.9 Å². The van der Waals surface area contributed by atoms with Gasteiger partial charge in [0.25, 0.3) is 5.91 Å². The van der Waals surface area contributed by atoms with E-state index in [2.05, 4.69) is 22.0 Å². The van der Waals surface area contributed by atoms with Crippen LogP contribution in [0.15, 0.2) is 52.4 Å². The number of morpholine rings is 1. The molecule has 0 bridgehead atoms. The molecule has 1 amide bonds. The van der Waals surface area contributed by atoms with Crippen molar-refractivity contribution in [1.29, 1.82) is 0 Å². The van der Waals surface area contributed by atoms with E-state index in [1.54, 1.807) is 36.2 Å². The molecule has 0 spiro atoms. The number of thioether (sulfide) groups is 1. The maximum absolute atomic E-state index is 12.6. The van der Waals surface area contributed by atoms with E-state index in [0.29, 0.717) is 20.1 Å². The molecule has 2 saturated heterocycles. The van der Waals surface area contributed by atoms with E-state index in [9.17, 15) is 4.79 Å². The van der Waals surface area contributed by atoms with E-state index in [1.165, 1.54) is 11.8 Å². The number of ether oxygens (including phenoxy) is 1. The van der Waals surface area contributed by atoms with Crippen molar-refractivity contribution in [2.24, 2.45) is 4.99 Å². The molecular formula is C21H19Cl2N3O2S. The van der Waals surface area contributed by atoms with E-state index in [-0.39, 0.29) is 5.91 Å². The van der Waals surface area contributed by atoms with E-state index < -0.39 is 0 Å². The van der Waals surface area contributed by atoms with Crippen LogP contribution in [-0.2, 0) is 9.53 Å². The third-order valence-electron chi connectivity index (χ3n) is 4.70. The number of likely N-dealkylation sites (N-methyl/N-ethyl adjacent to an activating group) is 1. The topological polar surface area (TPSA) is 45.1 Å². The first-order valence-corrected chi connectivity index (χ1v) is 10.7. The van der Waals surface area contributed by atoms with Crippen molar-refractivity contribution >= 4 is 63.5 Å². The number of rotatable bonds is 3. The highest BCUT2D eigenvalue weighted by molar-refractivity contribution is 8.18. The van der Waals surface area contributed by atoms with Gasteiger partial charge in [0.1, 0.15) is 0 Å². The molecule has 2 aliphatic rings. The second kappa shape index (κ2) is 8.79. The fourth-order valence-corrected chi connectivity index (χ4v) is 4.52. The molecule has 0 unspecified atom stereocenters. The van der Waals surface area contributed by atoms with Crippen molar-refractivity contribution < 1.29 is 9.53 Å². The molecule has 2 fully saturated rings. The second-order valence-electron chi connectivity index (χ2n) is 6.65. The zero-order chi connectivity index (χ0) is 20.4. The molecule has 0 saturated carbocycles. The Labute approximate surface area is 183 Å². The lowest BCUT2D eigenvalue weighted by Crippen LogP contribution is -2.36. The van der Waals surface area contributed by atoms with Crippen LogP contribution in [0.3, 0.4) is 0 Å². The number of benzene rings is 2. The average Bonchev–Trinajstić information content (AvgIpc) is 2.99. The summed E-state index contributed by atoms with van der Waals surface area (Å²) in [5.74, 6) is -0.107. The summed E-state index contributed by atoms with van der Waals surface area (Å²) in [6.07, 6.45) is 1.77. The molecule has 0 atom stereocenters. The molecule has 2 aromatic carbocycles. The van der Waals surface area contributed by atoms with E-state index in [1.807, 2.05) is 12.1 Å². The molecule has 2 aliphatic heterocycles. The second-order valence-corrected chi connectivity index (χ2v) is 8.50. The number of amidine groups is 1. The van der Waals surface area contributed by atoms with Gasteiger partial charge >= 0.3 is 0 Å². The van der Waals surface area contributed by atoms with Crippen molar-refractivity contribution in [3.05, 3.63) is 63.0 Å². The smallest absolute Gasteiger partial charge is 0.266 e. The molecule has 4 rings (SSSR count). The van der Waals surface area contributed by atoms with Crippen molar-refractivity contribution in [3.8, 4) is 0 Å². The predicted octanol–water partition coefficient (Wildman–Crippen LogP) is 5.06. The highest BCUT2D eigenvalue weighted by Crippen LogP contribution is 2.35. The summed E-state index contributed by atoms with van der Waals surface area (Å²) in [5.41, 5.74) is 2.70. The summed E-state index contributed by atoms with van der Waals surface area (Å²) in [4.78, 5) is 21.7. The first kappa shape index (κ1) is 20.3. The number of aliphatic imine (C=N–C) groups is 1. The van der Waals surface area contributed by atoms with Gasteiger partial charge in [0, 0.05) is 35.9 Å². The van der Waals surface area contributed by atoms with Crippen molar-refractivity contribution in [2.45, 2.75) is 0 Å². The SMILES string of the molecule is CN1C(=O)C(=Cc2ccc(Cl)cc2Cl)SC1=Nc1ccc(N2CCOCC2)cc1. The van der Waals surface area contributed by atoms with Crippen LogP contribution in [0.4, 0.5) is 11.4 Å². The number of anilines is 1. The van der Waals surface area contributed by atoms with Crippen LogP contribution < -0.4 is 4.90 Å². The van der Waals surface area contributed by atoms with Crippen molar-refractivity contribution in [2.75, 3.05) is 38.3 Å². The van der Waals surface area contributed by atoms with Gasteiger partial charge in [0.05, 0.1) is 23.8 Å². The van der Waals surface area contributed by atoms with Gasteiger partial charge in [0.2, 0.25) is 0 Å². The van der Waals surface area contributed by atoms with Gasteiger partial charge in [-0.15, -0.1) is 0 Å². The van der Waals surface area contributed by atoms with Crippen molar-refractivity contribution in [3.63, 3.8) is 0 Å². The minimum atomic E-state index is -0.107. The van der Waals surface area contributed by atoms with Crippen molar-refractivity contribution in [1.82, 2.24) is 4.90 Å². The average molecular weight is 448 g/mol.